The highest BCUT2D eigenvalue weighted by atomic mass is 16.5. The summed E-state index contributed by atoms with van der Waals surface area (Å²) in [6.45, 7) is 5.07. The summed E-state index contributed by atoms with van der Waals surface area (Å²) in [6.07, 6.45) is 1.69. The van der Waals surface area contributed by atoms with Gasteiger partial charge in [-0.15, -0.1) is 0 Å². The molecule has 1 saturated heterocycles. The van der Waals surface area contributed by atoms with Crippen LogP contribution in [-0.4, -0.2) is 38.0 Å². The number of rotatable bonds is 2. The standard InChI is InChI=1S/C6H13NO.CH4O/c1-2-8-6-3-4-7-5-6;1-2/h6-7H,2-5H2,1H3;2H,1H3/t6-;/m0./s1. The monoisotopic (exact) mass is 147 g/mol. The zero-order valence-electron chi connectivity index (χ0n) is 6.76. The first-order valence-corrected chi connectivity index (χ1v) is 3.70. The summed E-state index contributed by atoms with van der Waals surface area (Å²) in [5.74, 6) is 0. The van der Waals surface area contributed by atoms with Gasteiger partial charge in [-0.2, -0.15) is 0 Å². The van der Waals surface area contributed by atoms with Crippen molar-refractivity contribution in [2.45, 2.75) is 19.4 Å². The second-order valence-electron chi connectivity index (χ2n) is 2.07. The molecule has 1 atom stereocenters. The summed E-state index contributed by atoms with van der Waals surface area (Å²) < 4.78 is 5.34. The molecule has 1 rings (SSSR count). The average Bonchev–Trinajstić information content (AvgIpc) is 2.46. The van der Waals surface area contributed by atoms with E-state index in [-0.39, 0.29) is 0 Å². The smallest absolute Gasteiger partial charge is 0.0711 e. The second-order valence-corrected chi connectivity index (χ2v) is 2.07. The van der Waals surface area contributed by atoms with E-state index in [1.807, 2.05) is 6.92 Å². The van der Waals surface area contributed by atoms with Crippen LogP contribution in [-0.2, 0) is 4.74 Å². The van der Waals surface area contributed by atoms with Gasteiger partial charge in [0, 0.05) is 20.3 Å². The van der Waals surface area contributed by atoms with Gasteiger partial charge < -0.3 is 15.2 Å². The Labute approximate surface area is 62.4 Å². The first-order chi connectivity index (χ1) is 4.93. The minimum absolute atomic E-state index is 0.500. The van der Waals surface area contributed by atoms with Gasteiger partial charge in [0.25, 0.3) is 0 Å². The Balaban J connectivity index is 0.000000371. The van der Waals surface area contributed by atoms with Gasteiger partial charge in [0.1, 0.15) is 0 Å². The van der Waals surface area contributed by atoms with E-state index in [2.05, 4.69) is 5.32 Å². The van der Waals surface area contributed by atoms with Gasteiger partial charge >= 0.3 is 0 Å². The SMILES string of the molecule is CCO[C@H]1CCNC1.CO. The van der Waals surface area contributed by atoms with Crippen molar-refractivity contribution in [3.8, 4) is 0 Å². The summed E-state index contributed by atoms with van der Waals surface area (Å²) in [4.78, 5) is 0. The number of nitrogens with one attached hydrogen (secondary N) is 1. The Morgan fingerprint density at radius 1 is 1.60 bits per heavy atom. The van der Waals surface area contributed by atoms with E-state index in [9.17, 15) is 0 Å². The largest absolute Gasteiger partial charge is 0.400 e. The van der Waals surface area contributed by atoms with Gasteiger partial charge in [-0.05, 0) is 19.9 Å². The highest BCUT2D eigenvalue weighted by Gasteiger charge is 2.12. The first-order valence-electron chi connectivity index (χ1n) is 3.70. The molecule has 0 bridgehead atoms. The van der Waals surface area contributed by atoms with Crippen LogP contribution in [0.25, 0.3) is 0 Å². The molecular formula is C7H17NO2. The van der Waals surface area contributed by atoms with Crippen molar-refractivity contribution in [1.82, 2.24) is 5.32 Å². The van der Waals surface area contributed by atoms with Crippen LogP contribution < -0.4 is 5.32 Å². The Bertz CT molecular complexity index is 62.6. The fourth-order valence-corrected chi connectivity index (χ4v) is 1.01. The number of aliphatic hydroxyl groups excluding tert-OH is 1. The molecular weight excluding hydrogens is 130 g/mol. The molecule has 0 saturated carbocycles. The molecule has 0 radical (unpaired) electrons. The van der Waals surface area contributed by atoms with Crippen LogP contribution in [0.15, 0.2) is 0 Å². The Kier molecular flexibility index (Phi) is 6.91. The molecule has 62 valence electrons. The lowest BCUT2D eigenvalue weighted by molar-refractivity contribution is 0.0775. The summed E-state index contributed by atoms with van der Waals surface area (Å²) in [6, 6.07) is 0. The number of hydrogen-bond acceptors (Lipinski definition) is 3. The van der Waals surface area contributed by atoms with Crippen molar-refractivity contribution in [3.05, 3.63) is 0 Å². The number of aliphatic hydroxyl groups is 1. The molecule has 1 heterocycles. The summed E-state index contributed by atoms with van der Waals surface area (Å²) >= 11 is 0. The highest BCUT2D eigenvalue weighted by molar-refractivity contribution is 4.70. The Morgan fingerprint density at radius 2 is 2.30 bits per heavy atom. The van der Waals surface area contributed by atoms with Crippen LogP contribution in [0.5, 0.6) is 0 Å². The van der Waals surface area contributed by atoms with E-state index in [0.29, 0.717) is 6.10 Å². The van der Waals surface area contributed by atoms with E-state index in [0.717, 1.165) is 26.8 Å². The van der Waals surface area contributed by atoms with Crippen LogP contribution in [0.2, 0.25) is 0 Å². The predicted octanol–water partition coefficient (Wildman–Crippen LogP) is -0.00670. The van der Waals surface area contributed by atoms with Crippen molar-refractivity contribution < 1.29 is 9.84 Å². The van der Waals surface area contributed by atoms with Crippen molar-refractivity contribution in [1.29, 1.82) is 0 Å². The van der Waals surface area contributed by atoms with E-state index in [1.54, 1.807) is 0 Å². The fraction of sp³-hybridized carbons (Fsp3) is 1.00. The van der Waals surface area contributed by atoms with Crippen LogP contribution in [0.3, 0.4) is 0 Å². The maximum absolute atomic E-state index is 7.00. The van der Waals surface area contributed by atoms with E-state index < -0.39 is 0 Å². The quantitative estimate of drug-likeness (QED) is 0.577. The maximum Gasteiger partial charge on any atom is 0.0711 e. The minimum Gasteiger partial charge on any atom is -0.400 e. The Hall–Kier alpha value is -0.120. The molecule has 1 aliphatic heterocycles. The Morgan fingerprint density at radius 3 is 2.70 bits per heavy atom. The summed E-state index contributed by atoms with van der Waals surface area (Å²) in [5.41, 5.74) is 0. The highest BCUT2D eigenvalue weighted by Crippen LogP contribution is 2.01. The molecule has 3 heteroatoms. The lowest BCUT2D eigenvalue weighted by atomic mass is 10.3. The topological polar surface area (TPSA) is 41.5 Å². The molecule has 1 fully saturated rings. The van der Waals surface area contributed by atoms with Gasteiger partial charge in [-0.3, -0.25) is 0 Å². The molecule has 0 aromatic heterocycles. The number of hydrogen-bond donors (Lipinski definition) is 2. The van der Waals surface area contributed by atoms with Crippen molar-refractivity contribution in [2.24, 2.45) is 0 Å². The molecule has 0 amide bonds. The molecule has 0 spiro atoms. The average molecular weight is 147 g/mol. The van der Waals surface area contributed by atoms with Crippen LogP contribution in [0.1, 0.15) is 13.3 Å². The molecule has 0 aliphatic carbocycles. The first kappa shape index (κ1) is 9.88. The molecule has 3 nitrogen and oxygen atoms in total. The third kappa shape index (κ3) is 3.82. The second kappa shape index (κ2) is 6.99. The summed E-state index contributed by atoms with van der Waals surface area (Å²) in [5, 5.41) is 10.2. The van der Waals surface area contributed by atoms with Crippen molar-refractivity contribution in [3.63, 3.8) is 0 Å². The molecule has 2 N–H and O–H groups in total. The third-order valence-electron chi connectivity index (χ3n) is 1.42. The van der Waals surface area contributed by atoms with Gasteiger partial charge in [0.2, 0.25) is 0 Å². The van der Waals surface area contributed by atoms with Gasteiger partial charge in [-0.25, -0.2) is 0 Å². The zero-order chi connectivity index (χ0) is 7.82. The summed E-state index contributed by atoms with van der Waals surface area (Å²) in [7, 11) is 1.00. The van der Waals surface area contributed by atoms with E-state index >= 15 is 0 Å². The minimum atomic E-state index is 0.500. The molecule has 0 aromatic rings. The molecule has 0 aromatic carbocycles. The number of ether oxygens (including phenoxy) is 1. The van der Waals surface area contributed by atoms with Crippen molar-refractivity contribution >= 4 is 0 Å². The lowest BCUT2D eigenvalue weighted by Gasteiger charge is -2.05. The molecule has 10 heavy (non-hydrogen) atoms. The van der Waals surface area contributed by atoms with Gasteiger partial charge in [0.05, 0.1) is 6.10 Å². The third-order valence-corrected chi connectivity index (χ3v) is 1.42. The van der Waals surface area contributed by atoms with Crippen molar-refractivity contribution in [2.75, 3.05) is 26.8 Å². The molecule has 0 unspecified atom stereocenters. The van der Waals surface area contributed by atoms with Crippen LogP contribution >= 0.6 is 0 Å². The van der Waals surface area contributed by atoms with E-state index in [1.165, 1.54) is 6.42 Å². The van der Waals surface area contributed by atoms with Crippen LogP contribution in [0, 0.1) is 0 Å². The molecule has 1 aliphatic rings. The van der Waals surface area contributed by atoms with Gasteiger partial charge in [-0.1, -0.05) is 0 Å². The van der Waals surface area contributed by atoms with E-state index in [4.69, 9.17) is 9.84 Å². The lowest BCUT2D eigenvalue weighted by Crippen LogP contribution is -2.16. The predicted molar refractivity (Wildman–Crippen MR) is 41.0 cm³/mol. The van der Waals surface area contributed by atoms with Crippen LogP contribution in [0.4, 0.5) is 0 Å². The maximum atomic E-state index is 7.00. The normalized spacial score (nSPS) is 23.7. The van der Waals surface area contributed by atoms with Gasteiger partial charge in [0.15, 0.2) is 0 Å². The fourth-order valence-electron chi connectivity index (χ4n) is 1.01. The zero-order valence-corrected chi connectivity index (χ0v) is 6.76.